The van der Waals surface area contributed by atoms with Gasteiger partial charge in [0, 0.05) is 11.6 Å². The molecule has 1 aromatic rings. The molecule has 0 heterocycles. The highest BCUT2D eigenvalue weighted by molar-refractivity contribution is 5.85. The molecule has 0 atom stereocenters. The first-order chi connectivity index (χ1) is 6.09. The van der Waals surface area contributed by atoms with Crippen LogP contribution in [0.2, 0.25) is 0 Å². The molecule has 0 spiro atoms. The summed E-state index contributed by atoms with van der Waals surface area (Å²) in [7, 11) is 0. The Morgan fingerprint density at radius 1 is 1.46 bits per heavy atom. The Morgan fingerprint density at radius 3 is 2.77 bits per heavy atom. The van der Waals surface area contributed by atoms with E-state index in [1.807, 2.05) is 6.92 Å². The lowest BCUT2D eigenvalue weighted by Crippen LogP contribution is -1.86. The molecule has 0 radical (unpaired) electrons. The molecule has 2 N–H and O–H groups in total. The summed E-state index contributed by atoms with van der Waals surface area (Å²) in [6.07, 6.45) is 2.36. The first kappa shape index (κ1) is 9.32. The van der Waals surface area contributed by atoms with Gasteiger partial charge in [-0.3, -0.25) is 0 Å². The van der Waals surface area contributed by atoms with Crippen LogP contribution in [0.25, 0.3) is 6.08 Å². The Labute approximate surface area is 76.0 Å². The summed E-state index contributed by atoms with van der Waals surface area (Å²) >= 11 is 0. The van der Waals surface area contributed by atoms with E-state index in [1.165, 1.54) is 12.1 Å². The van der Waals surface area contributed by atoms with Crippen molar-refractivity contribution in [2.45, 2.75) is 6.92 Å². The van der Waals surface area contributed by atoms with Crippen molar-refractivity contribution in [3.63, 3.8) is 0 Å². The molecule has 0 bridgehead atoms. The van der Waals surface area contributed by atoms with Gasteiger partial charge >= 0.3 is 5.97 Å². The third-order valence-corrected chi connectivity index (χ3v) is 1.59. The van der Waals surface area contributed by atoms with Gasteiger partial charge in [-0.1, -0.05) is 11.6 Å². The van der Waals surface area contributed by atoms with E-state index in [0.29, 0.717) is 5.56 Å². The fourth-order valence-electron chi connectivity index (χ4n) is 0.969. The Bertz CT molecular complexity index is 353. The molecule has 0 saturated carbocycles. The number of carboxylic acid groups (broad SMARTS) is 1. The van der Waals surface area contributed by atoms with E-state index >= 15 is 0 Å². The zero-order valence-electron chi connectivity index (χ0n) is 7.19. The molecular weight excluding hydrogens is 168 g/mol. The Hall–Kier alpha value is -1.77. The zero-order valence-corrected chi connectivity index (χ0v) is 7.19. The molecule has 0 saturated heterocycles. The Kier molecular flexibility index (Phi) is 2.69. The van der Waals surface area contributed by atoms with Crippen LogP contribution in [0.4, 0.5) is 0 Å². The average Bonchev–Trinajstić information content (AvgIpc) is 2.06. The largest absolute Gasteiger partial charge is 0.507 e. The highest BCUT2D eigenvalue weighted by Gasteiger charge is 1.97. The average molecular weight is 178 g/mol. The van der Waals surface area contributed by atoms with Gasteiger partial charge in [-0.05, 0) is 25.1 Å². The number of aryl methyl sites for hydroxylation is 1. The van der Waals surface area contributed by atoms with E-state index in [0.717, 1.165) is 11.6 Å². The number of benzene rings is 1. The maximum absolute atomic E-state index is 10.2. The number of phenols is 1. The van der Waals surface area contributed by atoms with Crippen molar-refractivity contribution in [1.82, 2.24) is 0 Å². The van der Waals surface area contributed by atoms with Gasteiger partial charge in [0.25, 0.3) is 0 Å². The molecule has 0 fully saturated rings. The number of phenolic OH excluding ortho intramolecular Hbond substituents is 1. The van der Waals surface area contributed by atoms with Gasteiger partial charge in [-0.25, -0.2) is 4.79 Å². The lowest BCUT2D eigenvalue weighted by molar-refractivity contribution is -0.131. The van der Waals surface area contributed by atoms with Crippen LogP contribution >= 0.6 is 0 Å². The lowest BCUT2D eigenvalue weighted by Gasteiger charge is -1.99. The third kappa shape index (κ3) is 2.63. The summed E-state index contributed by atoms with van der Waals surface area (Å²) in [6.45, 7) is 1.87. The molecule has 0 amide bonds. The van der Waals surface area contributed by atoms with Crippen LogP contribution in [0.15, 0.2) is 24.3 Å². The maximum atomic E-state index is 10.2. The number of carboxylic acids is 1. The van der Waals surface area contributed by atoms with Gasteiger partial charge in [0.1, 0.15) is 5.75 Å². The van der Waals surface area contributed by atoms with E-state index in [2.05, 4.69) is 0 Å². The summed E-state index contributed by atoms with van der Waals surface area (Å²) in [5.41, 5.74) is 1.49. The molecule has 0 unspecified atom stereocenters. The first-order valence-electron chi connectivity index (χ1n) is 3.80. The van der Waals surface area contributed by atoms with Gasteiger partial charge in [0.15, 0.2) is 0 Å². The summed E-state index contributed by atoms with van der Waals surface area (Å²) < 4.78 is 0. The van der Waals surface area contributed by atoms with Crippen molar-refractivity contribution >= 4 is 12.0 Å². The lowest BCUT2D eigenvalue weighted by atomic mass is 10.1. The van der Waals surface area contributed by atoms with Gasteiger partial charge in [-0.15, -0.1) is 0 Å². The van der Waals surface area contributed by atoms with Gasteiger partial charge in [0.2, 0.25) is 0 Å². The minimum absolute atomic E-state index is 0.0862. The zero-order chi connectivity index (χ0) is 9.84. The molecule has 1 rings (SSSR count). The Morgan fingerprint density at radius 2 is 2.15 bits per heavy atom. The second kappa shape index (κ2) is 3.76. The van der Waals surface area contributed by atoms with E-state index in [4.69, 9.17) is 5.11 Å². The number of carbonyl (C=O) groups is 1. The van der Waals surface area contributed by atoms with Crippen molar-refractivity contribution in [3.05, 3.63) is 35.4 Å². The number of hydrogen-bond acceptors (Lipinski definition) is 2. The number of hydrogen-bond donors (Lipinski definition) is 2. The van der Waals surface area contributed by atoms with Crippen LogP contribution in [-0.4, -0.2) is 16.2 Å². The minimum atomic E-state index is -1.03. The van der Waals surface area contributed by atoms with Crippen LogP contribution < -0.4 is 0 Å². The van der Waals surface area contributed by atoms with E-state index in [-0.39, 0.29) is 5.75 Å². The molecule has 68 valence electrons. The maximum Gasteiger partial charge on any atom is 0.328 e. The van der Waals surface area contributed by atoms with Crippen LogP contribution in [-0.2, 0) is 4.79 Å². The fourth-order valence-corrected chi connectivity index (χ4v) is 0.969. The highest BCUT2D eigenvalue weighted by atomic mass is 16.4. The fraction of sp³-hybridized carbons (Fsp3) is 0.100. The molecule has 3 heteroatoms. The van der Waals surface area contributed by atoms with Crippen molar-refractivity contribution in [2.75, 3.05) is 0 Å². The second-order valence-corrected chi connectivity index (χ2v) is 2.73. The third-order valence-electron chi connectivity index (χ3n) is 1.59. The minimum Gasteiger partial charge on any atom is -0.507 e. The van der Waals surface area contributed by atoms with Crippen molar-refractivity contribution in [3.8, 4) is 5.75 Å². The van der Waals surface area contributed by atoms with Crippen LogP contribution in [0.3, 0.4) is 0 Å². The molecule has 3 nitrogen and oxygen atoms in total. The van der Waals surface area contributed by atoms with Gasteiger partial charge in [0.05, 0.1) is 0 Å². The number of rotatable bonds is 2. The quantitative estimate of drug-likeness (QED) is 0.679. The molecule has 13 heavy (non-hydrogen) atoms. The molecule has 1 aromatic carbocycles. The summed E-state index contributed by atoms with van der Waals surface area (Å²) in [5.74, 6) is -0.941. The van der Waals surface area contributed by atoms with Gasteiger partial charge in [-0.2, -0.15) is 0 Å². The smallest absolute Gasteiger partial charge is 0.328 e. The summed E-state index contributed by atoms with van der Waals surface area (Å²) in [4.78, 5) is 10.2. The van der Waals surface area contributed by atoms with E-state index < -0.39 is 5.97 Å². The first-order valence-corrected chi connectivity index (χ1v) is 3.80. The Balaban J connectivity index is 3.00. The summed E-state index contributed by atoms with van der Waals surface area (Å²) in [6, 6.07) is 5.01. The van der Waals surface area contributed by atoms with Crippen LogP contribution in [0.5, 0.6) is 5.75 Å². The van der Waals surface area contributed by atoms with Crippen LogP contribution in [0, 0.1) is 6.92 Å². The van der Waals surface area contributed by atoms with E-state index in [9.17, 15) is 9.90 Å². The van der Waals surface area contributed by atoms with Gasteiger partial charge < -0.3 is 10.2 Å². The van der Waals surface area contributed by atoms with Crippen molar-refractivity contribution in [2.24, 2.45) is 0 Å². The highest BCUT2D eigenvalue weighted by Crippen LogP contribution is 2.19. The van der Waals surface area contributed by atoms with Crippen LogP contribution in [0.1, 0.15) is 11.1 Å². The monoisotopic (exact) mass is 178 g/mol. The predicted octanol–water partition coefficient (Wildman–Crippen LogP) is 1.80. The molecule has 0 aliphatic heterocycles. The molecular formula is C10H10O3. The van der Waals surface area contributed by atoms with E-state index in [1.54, 1.807) is 12.1 Å². The molecule has 0 aliphatic carbocycles. The number of aromatic hydroxyl groups is 1. The normalized spacial score (nSPS) is 10.5. The number of aliphatic carboxylic acids is 1. The summed E-state index contributed by atoms with van der Waals surface area (Å²) in [5, 5.41) is 17.7. The SMILES string of the molecule is Cc1ccc(O)c(/C=C/C(=O)O)c1. The molecule has 0 aliphatic rings. The molecule has 0 aromatic heterocycles. The van der Waals surface area contributed by atoms with Crippen molar-refractivity contribution in [1.29, 1.82) is 0 Å². The topological polar surface area (TPSA) is 57.5 Å². The second-order valence-electron chi connectivity index (χ2n) is 2.73. The van der Waals surface area contributed by atoms with Crippen molar-refractivity contribution < 1.29 is 15.0 Å². The standard InChI is InChI=1S/C10H10O3/c1-7-2-4-9(11)8(6-7)3-5-10(12)13/h2-6,11H,1H3,(H,12,13)/b5-3+. The predicted molar refractivity (Wildman–Crippen MR) is 49.5 cm³/mol.